The van der Waals surface area contributed by atoms with Crippen LogP contribution in [0.4, 0.5) is 5.82 Å². The van der Waals surface area contributed by atoms with Crippen molar-refractivity contribution in [2.24, 2.45) is 0 Å². The molecule has 92 valence electrons. The standard InChI is InChI=1S/C12H18N4O/c1-5-8-13-10-7-6-9(15-16-10)11(17)14-12(2,3)4/h5-7H,1,8H2,2-4H3,(H,13,16)(H,14,17). The van der Waals surface area contributed by atoms with Crippen molar-refractivity contribution in [3.05, 3.63) is 30.5 Å². The highest BCUT2D eigenvalue weighted by Gasteiger charge is 2.16. The predicted molar refractivity (Wildman–Crippen MR) is 67.9 cm³/mol. The molecule has 0 saturated heterocycles. The van der Waals surface area contributed by atoms with Crippen molar-refractivity contribution in [3.8, 4) is 0 Å². The Morgan fingerprint density at radius 3 is 2.59 bits per heavy atom. The van der Waals surface area contributed by atoms with Gasteiger partial charge in [-0.05, 0) is 32.9 Å². The Balaban J connectivity index is 2.67. The molecule has 2 N–H and O–H groups in total. The Labute approximate surface area is 101 Å². The van der Waals surface area contributed by atoms with Crippen molar-refractivity contribution in [3.63, 3.8) is 0 Å². The van der Waals surface area contributed by atoms with Gasteiger partial charge < -0.3 is 10.6 Å². The molecular weight excluding hydrogens is 216 g/mol. The van der Waals surface area contributed by atoms with Gasteiger partial charge in [-0.3, -0.25) is 4.79 Å². The molecule has 0 fully saturated rings. The first-order valence-electron chi connectivity index (χ1n) is 5.43. The van der Waals surface area contributed by atoms with Gasteiger partial charge in [0.05, 0.1) is 0 Å². The lowest BCUT2D eigenvalue weighted by molar-refractivity contribution is 0.0913. The molecular formula is C12H18N4O. The second kappa shape index (κ2) is 5.43. The zero-order chi connectivity index (χ0) is 12.9. The Morgan fingerprint density at radius 1 is 1.41 bits per heavy atom. The number of rotatable bonds is 4. The molecule has 1 amide bonds. The predicted octanol–water partition coefficient (Wildman–Crippen LogP) is 1.60. The van der Waals surface area contributed by atoms with Crippen LogP contribution in [0.25, 0.3) is 0 Å². The van der Waals surface area contributed by atoms with Gasteiger partial charge in [0.15, 0.2) is 5.69 Å². The molecule has 1 heterocycles. The Hall–Kier alpha value is -1.91. The molecule has 1 rings (SSSR count). The first-order chi connectivity index (χ1) is 7.92. The summed E-state index contributed by atoms with van der Waals surface area (Å²) in [4.78, 5) is 11.7. The van der Waals surface area contributed by atoms with Gasteiger partial charge in [0.2, 0.25) is 0 Å². The Bertz CT molecular complexity index is 392. The fourth-order valence-corrected chi connectivity index (χ4v) is 1.13. The minimum atomic E-state index is -0.279. The average molecular weight is 234 g/mol. The molecule has 0 aliphatic rings. The summed E-state index contributed by atoms with van der Waals surface area (Å²) in [5.74, 6) is 0.400. The van der Waals surface area contributed by atoms with Crippen LogP contribution in [0.3, 0.4) is 0 Å². The summed E-state index contributed by atoms with van der Waals surface area (Å²) in [7, 11) is 0. The van der Waals surface area contributed by atoms with Crippen molar-refractivity contribution >= 4 is 11.7 Å². The molecule has 1 aromatic rings. The number of hydrogen-bond donors (Lipinski definition) is 2. The van der Waals surface area contributed by atoms with Crippen LogP contribution in [0.15, 0.2) is 24.8 Å². The van der Waals surface area contributed by atoms with Gasteiger partial charge in [-0.2, -0.15) is 0 Å². The maximum absolute atomic E-state index is 11.7. The number of amides is 1. The quantitative estimate of drug-likeness (QED) is 0.777. The van der Waals surface area contributed by atoms with Gasteiger partial charge in [0, 0.05) is 12.1 Å². The first-order valence-corrected chi connectivity index (χ1v) is 5.43. The van der Waals surface area contributed by atoms with E-state index in [4.69, 9.17) is 0 Å². The summed E-state index contributed by atoms with van der Waals surface area (Å²) in [6, 6.07) is 3.35. The van der Waals surface area contributed by atoms with Crippen LogP contribution >= 0.6 is 0 Å². The number of nitrogens with one attached hydrogen (secondary N) is 2. The van der Waals surface area contributed by atoms with Crippen LogP contribution in [0.1, 0.15) is 31.3 Å². The second-order valence-electron chi connectivity index (χ2n) is 4.68. The smallest absolute Gasteiger partial charge is 0.272 e. The van der Waals surface area contributed by atoms with Gasteiger partial charge >= 0.3 is 0 Å². The van der Waals surface area contributed by atoms with E-state index in [1.807, 2.05) is 20.8 Å². The van der Waals surface area contributed by atoms with Gasteiger partial charge in [-0.1, -0.05) is 6.08 Å². The summed E-state index contributed by atoms with van der Waals surface area (Å²) < 4.78 is 0. The van der Waals surface area contributed by atoms with E-state index in [9.17, 15) is 4.79 Å². The average Bonchev–Trinajstić information content (AvgIpc) is 2.24. The molecule has 0 spiro atoms. The van der Waals surface area contributed by atoms with Crippen LogP contribution < -0.4 is 10.6 Å². The largest absolute Gasteiger partial charge is 0.365 e. The summed E-state index contributed by atoms with van der Waals surface area (Å²) in [6.07, 6.45) is 1.72. The minimum absolute atomic E-state index is 0.222. The lowest BCUT2D eigenvalue weighted by Crippen LogP contribution is -2.41. The molecule has 0 aliphatic carbocycles. The molecule has 0 bridgehead atoms. The van der Waals surface area contributed by atoms with E-state index in [2.05, 4.69) is 27.4 Å². The van der Waals surface area contributed by atoms with Crippen molar-refractivity contribution in [1.29, 1.82) is 0 Å². The maximum Gasteiger partial charge on any atom is 0.272 e. The summed E-state index contributed by atoms with van der Waals surface area (Å²) >= 11 is 0. The molecule has 0 radical (unpaired) electrons. The van der Waals surface area contributed by atoms with Crippen molar-refractivity contribution in [1.82, 2.24) is 15.5 Å². The maximum atomic E-state index is 11.7. The van der Waals surface area contributed by atoms with Crippen LogP contribution in [0.5, 0.6) is 0 Å². The van der Waals surface area contributed by atoms with E-state index in [0.717, 1.165) is 0 Å². The topological polar surface area (TPSA) is 66.9 Å². The van der Waals surface area contributed by atoms with E-state index in [0.29, 0.717) is 18.1 Å². The van der Waals surface area contributed by atoms with Crippen LogP contribution in [-0.4, -0.2) is 28.2 Å². The molecule has 17 heavy (non-hydrogen) atoms. The third kappa shape index (κ3) is 4.63. The van der Waals surface area contributed by atoms with E-state index in [1.165, 1.54) is 0 Å². The Morgan fingerprint density at radius 2 is 2.12 bits per heavy atom. The van der Waals surface area contributed by atoms with Crippen molar-refractivity contribution in [2.75, 3.05) is 11.9 Å². The Kier molecular flexibility index (Phi) is 4.20. The number of anilines is 1. The van der Waals surface area contributed by atoms with E-state index >= 15 is 0 Å². The van der Waals surface area contributed by atoms with E-state index in [-0.39, 0.29) is 11.4 Å². The van der Waals surface area contributed by atoms with E-state index in [1.54, 1.807) is 18.2 Å². The zero-order valence-corrected chi connectivity index (χ0v) is 10.4. The molecule has 1 aromatic heterocycles. The minimum Gasteiger partial charge on any atom is -0.365 e. The molecule has 5 heteroatoms. The highest BCUT2D eigenvalue weighted by Crippen LogP contribution is 2.04. The summed E-state index contributed by atoms with van der Waals surface area (Å²) in [6.45, 7) is 9.95. The van der Waals surface area contributed by atoms with Crippen molar-refractivity contribution < 1.29 is 4.79 Å². The summed E-state index contributed by atoms with van der Waals surface area (Å²) in [5, 5.41) is 13.6. The molecule has 0 aliphatic heterocycles. The third-order valence-corrected chi connectivity index (χ3v) is 1.81. The number of hydrogen-bond acceptors (Lipinski definition) is 4. The molecule has 0 unspecified atom stereocenters. The second-order valence-corrected chi connectivity index (χ2v) is 4.68. The molecule has 0 atom stereocenters. The lowest BCUT2D eigenvalue weighted by Gasteiger charge is -2.19. The molecule has 0 aromatic carbocycles. The van der Waals surface area contributed by atoms with Crippen LogP contribution in [0, 0.1) is 0 Å². The number of aromatic nitrogens is 2. The van der Waals surface area contributed by atoms with Crippen LogP contribution in [-0.2, 0) is 0 Å². The highest BCUT2D eigenvalue weighted by molar-refractivity contribution is 5.92. The fraction of sp³-hybridized carbons (Fsp3) is 0.417. The SMILES string of the molecule is C=CCNc1ccc(C(=O)NC(C)(C)C)nn1. The van der Waals surface area contributed by atoms with E-state index < -0.39 is 0 Å². The van der Waals surface area contributed by atoms with Crippen LogP contribution in [0.2, 0.25) is 0 Å². The van der Waals surface area contributed by atoms with Gasteiger partial charge in [-0.15, -0.1) is 16.8 Å². The highest BCUT2D eigenvalue weighted by atomic mass is 16.2. The fourth-order valence-electron chi connectivity index (χ4n) is 1.13. The molecule has 5 nitrogen and oxygen atoms in total. The number of nitrogens with zero attached hydrogens (tertiary/aromatic N) is 2. The number of carbonyl (C=O) groups excluding carboxylic acids is 1. The monoisotopic (exact) mass is 234 g/mol. The third-order valence-electron chi connectivity index (χ3n) is 1.81. The first kappa shape index (κ1) is 13.2. The van der Waals surface area contributed by atoms with Gasteiger partial charge in [0.1, 0.15) is 5.82 Å². The zero-order valence-electron chi connectivity index (χ0n) is 10.4. The lowest BCUT2D eigenvalue weighted by atomic mass is 10.1. The van der Waals surface area contributed by atoms with Gasteiger partial charge in [0.25, 0.3) is 5.91 Å². The number of carbonyl (C=O) groups is 1. The van der Waals surface area contributed by atoms with Crippen molar-refractivity contribution in [2.45, 2.75) is 26.3 Å². The normalized spacial score (nSPS) is 10.8. The summed E-state index contributed by atoms with van der Waals surface area (Å²) in [5.41, 5.74) is 0.0301. The molecule has 0 saturated carbocycles. The van der Waals surface area contributed by atoms with Gasteiger partial charge in [-0.25, -0.2) is 0 Å².